The molecular formula is C19H31N3O2. The molecule has 0 saturated carbocycles. The Bertz CT molecular complexity index is 509. The van der Waals surface area contributed by atoms with E-state index >= 15 is 0 Å². The maximum absolute atomic E-state index is 13.3. The number of nitrogens with one attached hydrogen (secondary N) is 1. The number of rotatable bonds is 8. The van der Waals surface area contributed by atoms with Crippen molar-refractivity contribution in [1.82, 2.24) is 15.1 Å². The van der Waals surface area contributed by atoms with Crippen LogP contribution in [0, 0.1) is 0 Å². The van der Waals surface area contributed by atoms with Gasteiger partial charge < -0.3 is 15.0 Å². The summed E-state index contributed by atoms with van der Waals surface area (Å²) in [5.74, 6) is 1.02. The summed E-state index contributed by atoms with van der Waals surface area (Å²) in [5.41, 5.74) is 1.03. The molecule has 1 amide bonds. The summed E-state index contributed by atoms with van der Waals surface area (Å²) in [5, 5.41) is 3.37. The fourth-order valence-corrected chi connectivity index (χ4v) is 3.31. The summed E-state index contributed by atoms with van der Waals surface area (Å²) in [6.45, 7) is 9.52. The summed E-state index contributed by atoms with van der Waals surface area (Å²) in [7, 11) is 1.67. The van der Waals surface area contributed by atoms with E-state index in [1.165, 1.54) is 0 Å². The van der Waals surface area contributed by atoms with Crippen molar-refractivity contribution in [3.8, 4) is 5.75 Å². The minimum Gasteiger partial charge on any atom is -0.497 e. The third-order valence-electron chi connectivity index (χ3n) is 4.46. The van der Waals surface area contributed by atoms with Gasteiger partial charge in [-0.25, -0.2) is 0 Å². The SMILES string of the molecule is CCCN(CCC)C(=O)C(c1cccc(OC)c1)N1CCNCC1. The molecule has 1 atom stereocenters. The molecule has 5 nitrogen and oxygen atoms in total. The average Bonchev–Trinajstić information content (AvgIpc) is 2.63. The smallest absolute Gasteiger partial charge is 0.244 e. The van der Waals surface area contributed by atoms with Gasteiger partial charge in [0.1, 0.15) is 11.8 Å². The minimum atomic E-state index is -0.222. The lowest BCUT2D eigenvalue weighted by molar-refractivity contribution is -0.137. The van der Waals surface area contributed by atoms with Crippen LogP contribution in [-0.2, 0) is 4.79 Å². The highest BCUT2D eigenvalue weighted by atomic mass is 16.5. The molecular weight excluding hydrogens is 302 g/mol. The lowest BCUT2D eigenvalue weighted by Crippen LogP contribution is -2.50. The first-order valence-electron chi connectivity index (χ1n) is 9.08. The highest BCUT2D eigenvalue weighted by Crippen LogP contribution is 2.27. The molecule has 24 heavy (non-hydrogen) atoms. The van der Waals surface area contributed by atoms with Gasteiger partial charge in [0.2, 0.25) is 5.91 Å². The van der Waals surface area contributed by atoms with Crippen LogP contribution >= 0.6 is 0 Å². The van der Waals surface area contributed by atoms with E-state index in [1.54, 1.807) is 7.11 Å². The van der Waals surface area contributed by atoms with Gasteiger partial charge in [0.25, 0.3) is 0 Å². The number of hydrogen-bond acceptors (Lipinski definition) is 4. The second-order valence-electron chi connectivity index (χ2n) is 6.29. The molecule has 5 heteroatoms. The van der Waals surface area contributed by atoms with Crippen molar-refractivity contribution >= 4 is 5.91 Å². The summed E-state index contributed by atoms with van der Waals surface area (Å²) < 4.78 is 5.37. The zero-order chi connectivity index (χ0) is 17.4. The minimum absolute atomic E-state index is 0.217. The molecule has 2 rings (SSSR count). The van der Waals surface area contributed by atoms with Gasteiger partial charge in [0.05, 0.1) is 7.11 Å². The van der Waals surface area contributed by atoms with Crippen LogP contribution < -0.4 is 10.1 Å². The normalized spacial score (nSPS) is 16.6. The van der Waals surface area contributed by atoms with Crippen LogP contribution in [0.3, 0.4) is 0 Å². The molecule has 1 unspecified atom stereocenters. The Labute approximate surface area is 146 Å². The molecule has 0 spiro atoms. The topological polar surface area (TPSA) is 44.8 Å². The standard InChI is InChI=1S/C19H31N3O2/c1-4-11-22(12-5-2)19(23)18(21-13-9-20-10-14-21)16-7-6-8-17(15-16)24-3/h6-8,15,18,20H,4-5,9-14H2,1-3H3. The van der Waals surface area contributed by atoms with E-state index in [2.05, 4.69) is 24.1 Å². The van der Waals surface area contributed by atoms with E-state index in [4.69, 9.17) is 4.74 Å². The third kappa shape index (κ3) is 4.71. The Kier molecular flexibility index (Phi) is 7.53. The number of methoxy groups -OCH3 is 1. The number of carbonyl (C=O) groups excluding carboxylic acids is 1. The van der Waals surface area contributed by atoms with Gasteiger partial charge in [-0.1, -0.05) is 26.0 Å². The van der Waals surface area contributed by atoms with E-state index in [-0.39, 0.29) is 11.9 Å². The van der Waals surface area contributed by atoms with Crippen LogP contribution in [-0.4, -0.2) is 62.1 Å². The first-order chi connectivity index (χ1) is 11.7. The fourth-order valence-electron chi connectivity index (χ4n) is 3.31. The largest absolute Gasteiger partial charge is 0.497 e. The molecule has 1 fully saturated rings. The van der Waals surface area contributed by atoms with Crippen LogP contribution in [0.25, 0.3) is 0 Å². The number of piperazine rings is 1. The summed E-state index contributed by atoms with van der Waals surface area (Å²) >= 11 is 0. The van der Waals surface area contributed by atoms with E-state index in [9.17, 15) is 4.79 Å². The quantitative estimate of drug-likeness (QED) is 0.793. The van der Waals surface area contributed by atoms with Crippen molar-refractivity contribution in [2.45, 2.75) is 32.7 Å². The van der Waals surface area contributed by atoms with Gasteiger partial charge in [-0.15, -0.1) is 0 Å². The van der Waals surface area contributed by atoms with Crippen molar-refractivity contribution in [3.63, 3.8) is 0 Å². The molecule has 1 heterocycles. The van der Waals surface area contributed by atoms with Crippen LogP contribution in [0.2, 0.25) is 0 Å². The van der Waals surface area contributed by atoms with Crippen LogP contribution in [0.5, 0.6) is 5.75 Å². The highest BCUT2D eigenvalue weighted by molar-refractivity contribution is 5.83. The maximum Gasteiger partial charge on any atom is 0.244 e. The van der Waals surface area contributed by atoms with Gasteiger partial charge in [0.15, 0.2) is 0 Å². The molecule has 1 aromatic carbocycles. The van der Waals surface area contributed by atoms with Crippen LogP contribution in [0.4, 0.5) is 0 Å². The molecule has 0 radical (unpaired) electrons. The monoisotopic (exact) mass is 333 g/mol. The van der Waals surface area contributed by atoms with Gasteiger partial charge in [-0.2, -0.15) is 0 Å². The molecule has 134 valence electrons. The summed E-state index contributed by atoms with van der Waals surface area (Å²) in [4.78, 5) is 17.7. The Morgan fingerprint density at radius 1 is 1.25 bits per heavy atom. The van der Waals surface area contributed by atoms with Gasteiger partial charge in [0, 0.05) is 39.3 Å². The highest BCUT2D eigenvalue weighted by Gasteiger charge is 2.31. The van der Waals surface area contributed by atoms with Crippen molar-refractivity contribution in [2.75, 3.05) is 46.4 Å². The first-order valence-corrected chi connectivity index (χ1v) is 9.08. The first kappa shape index (κ1) is 18.7. The van der Waals surface area contributed by atoms with Crippen molar-refractivity contribution in [1.29, 1.82) is 0 Å². The lowest BCUT2D eigenvalue weighted by Gasteiger charge is -2.37. The number of amides is 1. The second kappa shape index (κ2) is 9.64. The van der Waals surface area contributed by atoms with Crippen LogP contribution in [0.1, 0.15) is 38.3 Å². The molecule has 1 N–H and O–H groups in total. The summed E-state index contributed by atoms with van der Waals surface area (Å²) in [6, 6.07) is 7.73. The van der Waals surface area contributed by atoms with E-state index in [0.717, 1.165) is 63.4 Å². The third-order valence-corrected chi connectivity index (χ3v) is 4.46. The van der Waals surface area contributed by atoms with E-state index in [1.807, 2.05) is 29.2 Å². The van der Waals surface area contributed by atoms with E-state index < -0.39 is 0 Å². The Balaban J connectivity index is 2.31. The molecule has 0 aromatic heterocycles. The number of carbonyl (C=O) groups is 1. The van der Waals surface area contributed by atoms with Crippen molar-refractivity contribution in [2.24, 2.45) is 0 Å². The zero-order valence-electron chi connectivity index (χ0n) is 15.3. The van der Waals surface area contributed by atoms with E-state index in [0.29, 0.717) is 0 Å². The maximum atomic E-state index is 13.3. The Morgan fingerprint density at radius 2 is 1.92 bits per heavy atom. The molecule has 0 aliphatic carbocycles. The number of benzene rings is 1. The van der Waals surface area contributed by atoms with Gasteiger partial charge in [-0.05, 0) is 30.5 Å². The van der Waals surface area contributed by atoms with Gasteiger partial charge in [-0.3, -0.25) is 9.69 Å². The molecule has 1 aliphatic heterocycles. The predicted molar refractivity (Wildman–Crippen MR) is 97.3 cm³/mol. The van der Waals surface area contributed by atoms with Crippen molar-refractivity contribution < 1.29 is 9.53 Å². The lowest BCUT2D eigenvalue weighted by atomic mass is 10.0. The van der Waals surface area contributed by atoms with Crippen molar-refractivity contribution in [3.05, 3.63) is 29.8 Å². The molecule has 1 saturated heterocycles. The Morgan fingerprint density at radius 3 is 2.50 bits per heavy atom. The summed E-state index contributed by atoms with van der Waals surface area (Å²) in [6.07, 6.45) is 1.97. The fraction of sp³-hybridized carbons (Fsp3) is 0.632. The van der Waals surface area contributed by atoms with Gasteiger partial charge >= 0.3 is 0 Å². The zero-order valence-corrected chi connectivity index (χ0v) is 15.3. The number of hydrogen-bond donors (Lipinski definition) is 1. The number of ether oxygens (including phenoxy) is 1. The number of nitrogens with zero attached hydrogens (tertiary/aromatic N) is 2. The molecule has 1 aliphatic rings. The average molecular weight is 333 g/mol. The molecule has 0 bridgehead atoms. The second-order valence-corrected chi connectivity index (χ2v) is 6.29. The Hall–Kier alpha value is -1.59. The van der Waals surface area contributed by atoms with Crippen LogP contribution in [0.15, 0.2) is 24.3 Å². The predicted octanol–water partition coefficient (Wildman–Crippen LogP) is 2.29. The molecule has 1 aromatic rings.